The van der Waals surface area contributed by atoms with Crippen LogP contribution in [0.2, 0.25) is 0 Å². The van der Waals surface area contributed by atoms with E-state index in [4.69, 9.17) is 0 Å². The molecule has 4 heterocycles. The molecule has 1 aliphatic carbocycles. The zero-order chi connectivity index (χ0) is 31.0. The number of carbonyl (C=O) groups is 2. The van der Waals surface area contributed by atoms with Crippen molar-refractivity contribution in [1.29, 1.82) is 0 Å². The Hall–Kier alpha value is -4.02. The van der Waals surface area contributed by atoms with E-state index in [2.05, 4.69) is 21.9 Å². The van der Waals surface area contributed by atoms with Gasteiger partial charge in [-0.25, -0.2) is 4.98 Å². The van der Waals surface area contributed by atoms with Crippen LogP contribution in [0.25, 0.3) is 11.2 Å². The number of halogens is 3. The van der Waals surface area contributed by atoms with Crippen molar-refractivity contribution >= 4 is 28.7 Å². The molecule has 0 atom stereocenters. The van der Waals surface area contributed by atoms with Crippen LogP contribution in [0.5, 0.6) is 0 Å². The topological polar surface area (TPSA) is 83.2 Å². The van der Waals surface area contributed by atoms with Crippen LogP contribution in [0.15, 0.2) is 47.9 Å². The average molecular weight is 607 g/mol. The highest BCUT2D eigenvalue weighted by Gasteiger charge is 2.40. The molecular weight excluding hydrogens is 569 g/mol. The summed E-state index contributed by atoms with van der Waals surface area (Å²) >= 11 is 0. The van der Waals surface area contributed by atoms with Crippen molar-refractivity contribution in [1.82, 2.24) is 24.2 Å². The number of hydrogen-bond donors (Lipinski definition) is 0. The number of aromatic nitrogens is 3. The number of benzene rings is 1. The molecule has 1 saturated heterocycles. The molecule has 1 aromatic carbocycles. The Bertz CT molecular complexity index is 1630. The smallest absolute Gasteiger partial charge is 0.339 e. The van der Waals surface area contributed by atoms with Crippen LogP contribution in [0.3, 0.4) is 0 Å². The summed E-state index contributed by atoms with van der Waals surface area (Å²) < 4.78 is 42.1. The summed E-state index contributed by atoms with van der Waals surface area (Å²) in [5.74, 6) is 1.41. The molecule has 2 fully saturated rings. The molecule has 44 heavy (non-hydrogen) atoms. The van der Waals surface area contributed by atoms with Crippen molar-refractivity contribution in [3.05, 3.63) is 70.9 Å². The monoisotopic (exact) mass is 606 g/mol. The number of rotatable bonds is 6. The highest BCUT2D eigenvalue weighted by Crippen LogP contribution is 2.33. The predicted octanol–water partition coefficient (Wildman–Crippen LogP) is 5.53. The summed E-state index contributed by atoms with van der Waals surface area (Å²) in [6.07, 6.45) is 7.18. The Morgan fingerprint density at radius 3 is 2.43 bits per heavy atom. The van der Waals surface area contributed by atoms with Gasteiger partial charge >= 0.3 is 6.18 Å². The first-order valence-electron chi connectivity index (χ1n) is 15.4. The van der Waals surface area contributed by atoms with Gasteiger partial charge in [0.05, 0.1) is 24.1 Å². The number of carbonyl (C=O) groups excluding carboxylic acids is 2. The van der Waals surface area contributed by atoms with Crippen molar-refractivity contribution in [3.63, 3.8) is 0 Å². The number of hydrogen-bond acceptors (Lipinski definition) is 5. The van der Waals surface area contributed by atoms with E-state index in [-0.39, 0.29) is 23.9 Å². The second-order valence-electron chi connectivity index (χ2n) is 12.3. The van der Waals surface area contributed by atoms with Crippen LogP contribution < -0.4 is 0 Å². The van der Waals surface area contributed by atoms with E-state index in [9.17, 15) is 22.8 Å². The van der Waals surface area contributed by atoms with Gasteiger partial charge in [-0.05, 0) is 48.8 Å². The SMILES string of the molecule is Cc1cc(Cc2nccn3c(C4=CCN=C4C(F)(F)F)cnc23)ccc1C(=O)N1CCN(C(=O)C[C@H]2CC[C@@H](C)CC2)CC1. The third-order valence-corrected chi connectivity index (χ3v) is 9.26. The summed E-state index contributed by atoms with van der Waals surface area (Å²) in [6, 6.07) is 5.65. The second kappa shape index (κ2) is 12.2. The van der Waals surface area contributed by atoms with Crippen molar-refractivity contribution in [3.8, 4) is 0 Å². The van der Waals surface area contributed by atoms with E-state index >= 15 is 0 Å². The minimum absolute atomic E-state index is 0.0185. The molecule has 0 spiro atoms. The number of amides is 2. The molecule has 0 radical (unpaired) electrons. The quantitative estimate of drug-likeness (QED) is 0.370. The summed E-state index contributed by atoms with van der Waals surface area (Å²) in [5, 5.41) is 0. The van der Waals surface area contributed by atoms with Crippen molar-refractivity contribution < 1.29 is 22.8 Å². The van der Waals surface area contributed by atoms with Gasteiger partial charge in [-0.2, -0.15) is 13.2 Å². The van der Waals surface area contributed by atoms with Gasteiger partial charge in [0.15, 0.2) is 5.65 Å². The van der Waals surface area contributed by atoms with E-state index in [1.165, 1.54) is 25.1 Å². The fourth-order valence-electron chi connectivity index (χ4n) is 6.68. The van der Waals surface area contributed by atoms with Crippen molar-refractivity contribution in [2.45, 2.75) is 58.5 Å². The molecule has 2 aromatic heterocycles. The van der Waals surface area contributed by atoms with Crippen LogP contribution in [0, 0.1) is 18.8 Å². The first kappa shape index (κ1) is 30.0. The zero-order valence-electron chi connectivity index (χ0n) is 25.1. The minimum atomic E-state index is -4.54. The Morgan fingerprint density at radius 2 is 1.73 bits per heavy atom. The molecule has 0 unspecified atom stereocenters. The Morgan fingerprint density at radius 1 is 1.00 bits per heavy atom. The fourth-order valence-corrected chi connectivity index (χ4v) is 6.68. The maximum atomic E-state index is 13.5. The number of piperazine rings is 1. The summed E-state index contributed by atoms with van der Waals surface area (Å²) in [7, 11) is 0. The fraction of sp³-hybridized carbons (Fsp3) is 0.485. The van der Waals surface area contributed by atoms with Crippen molar-refractivity contribution in [2.24, 2.45) is 16.8 Å². The van der Waals surface area contributed by atoms with E-state index in [0.29, 0.717) is 67.5 Å². The number of alkyl halides is 3. The molecule has 3 aliphatic rings. The number of allylic oxidation sites excluding steroid dienone is 1. The van der Waals surface area contributed by atoms with Crippen LogP contribution in [-0.4, -0.2) is 80.6 Å². The summed E-state index contributed by atoms with van der Waals surface area (Å²) in [6.45, 7) is 6.29. The number of nitrogens with zero attached hydrogens (tertiary/aromatic N) is 6. The predicted molar refractivity (Wildman–Crippen MR) is 162 cm³/mol. The molecular formula is C33H37F3N6O2. The maximum Gasteiger partial charge on any atom is 0.433 e. The Balaban J connectivity index is 1.09. The van der Waals surface area contributed by atoms with Gasteiger partial charge in [0, 0.05) is 62.6 Å². The number of aliphatic imine (C=N–C) groups is 1. The highest BCUT2D eigenvalue weighted by atomic mass is 19.4. The molecule has 232 valence electrons. The maximum absolute atomic E-state index is 13.5. The van der Waals surface area contributed by atoms with E-state index < -0.39 is 11.9 Å². The van der Waals surface area contributed by atoms with E-state index in [1.807, 2.05) is 34.9 Å². The van der Waals surface area contributed by atoms with Gasteiger partial charge in [-0.3, -0.25) is 24.0 Å². The van der Waals surface area contributed by atoms with Gasteiger partial charge in [-0.15, -0.1) is 0 Å². The first-order chi connectivity index (χ1) is 21.1. The third kappa shape index (κ3) is 6.14. The lowest BCUT2D eigenvalue weighted by Gasteiger charge is -2.36. The van der Waals surface area contributed by atoms with Crippen LogP contribution in [-0.2, 0) is 11.2 Å². The van der Waals surface area contributed by atoms with E-state index in [0.717, 1.165) is 29.9 Å². The molecule has 6 rings (SSSR count). The third-order valence-electron chi connectivity index (χ3n) is 9.26. The number of fused-ring (bicyclic) bond motifs is 1. The van der Waals surface area contributed by atoms with Crippen LogP contribution in [0.4, 0.5) is 13.2 Å². The lowest BCUT2D eigenvalue weighted by molar-refractivity contribution is -0.134. The van der Waals surface area contributed by atoms with Gasteiger partial charge < -0.3 is 9.80 Å². The molecule has 8 nitrogen and oxygen atoms in total. The van der Waals surface area contributed by atoms with Gasteiger partial charge in [-0.1, -0.05) is 38.0 Å². The first-order valence-corrected chi connectivity index (χ1v) is 15.4. The highest BCUT2D eigenvalue weighted by molar-refractivity contribution is 6.27. The Kier molecular flexibility index (Phi) is 8.30. The molecule has 2 aliphatic heterocycles. The molecule has 1 saturated carbocycles. The molecule has 0 bridgehead atoms. The van der Waals surface area contributed by atoms with Crippen LogP contribution >= 0.6 is 0 Å². The zero-order valence-corrected chi connectivity index (χ0v) is 25.1. The standard InChI is InChI=1S/C33H37F3N6O2/c1-21-3-5-23(6-4-21)19-29(43)40-13-15-41(16-14-40)32(44)25-8-7-24(17-22(25)2)18-27-31-39-20-28(42(31)12-11-37-27)26-9-10-38-30(26)33(34,35)36/h7-9,11-12,17,20-21,23H,3-6,10,13-16,18-19H2,1-2H3/t21-,23+. The minimum Gasteiger partial charge on any atom is -0.339 e. The van der Waals surface area contributed by atoms with Gasteiger partial charge in [0.1, 0.15) is 5.71 Å². The average Bonchev–Trinajstić information content (AvgIpc) is 3.66. The Labute approximate surface area is 254 Å². The van der Waals surface area contributed by atoms with Crippen molar-refractivity contribution in [2.75, 3.05) is 32.7 Å². The lowest BCUT2D eigenvalue weighted by Crippen LogP contribution is -2.51. The van der Waals surface area contributed by atoms with Crippen LogP contribution in [0.1, 0.15) is 71.9 Å². The number of aryl methyl sites for hydroxylation is 1. The molecule has 0 N–H and O–H groups in total. The van der Waals surface area contributed by atoms with Gasteiger partial charge in [0.2, 0.25) is 5.91 Å². The lowest BCUT2D eigenvalue weighted by atomic mass is 9.81. The normalized spacial score (nSPS) is 21.0. The van der Waals surface area contributed by atoms with E-state index in [1.54, 1.807) is 16.8 Å². The van der Waals surface area contributed by atoms with Gasteiger partial charge in [0.25, 0.3) is 5.91 Å². The largest absolute Gasteiger partial charge is 0.433 e. The molecule has 3 aromatic rings. The molecule has 11 heteroatoms. The summed E-state index contributed by atoms with van der Waals surface area (Å²) in [5.41, 5.74) is 2.89. The molecule has 2 amide bonds. The second-order valence-corrected chi connectivity index (χ2v) is 12.3. The number of imidazole rings is 1. The summed E-state index contributed by atoms with van der Waals surface area (Å²) in [4.78, 5) is 42.6.